The third-order valence-electron chi connectivity index (χ3n) is 2.80. The maximum absolute atomic E-state index is 11.8. The van der Waals surface area contributed by atoms with Crippen LogP contribution in [-0.4, -0.2) is 23.8 Å². The van der Waals surface area contributed by atoms with Crippen LogP contribution in [0, 0.1) is 5.41 Å². The summed E-state index contributed by atoms with van der Waals surface area (Å²) in [5, 5.41) is 14.7. The Morgan fingerprint density at radius 2 is 1.89 bits per heavy atom. The van der Waals surface area contributed by atoms with Gasteiger partial charge in [-0.05, 0) is 24.0 Å². The molecule has 0 saturated carbocycles. The van der Waals surface area contributed by atoms with E-state index in [9.17, 15) is 4.79 Å². The van der Waals surface area contributed by atoms with Gasteiger partial charge >= 0.3 is 6.03 Å². The van der Waals surface area contributed by atoms with Gasteiger partial charge in [0.05, 0.1) is 0 Å². The quantitative estimate of drug-likeness (QED) is 0.769. The van der Waals surface area contributed by atoms with Crippen molar-refractivity contribution in [1.29, 1.82) is 0 Å². The number of benzene rings is 1. The summed E-state index contributed by atoms with van der Waals surface area (Å²) in [7, 11) is 0. The van der Waals surface area contributed by atoms with Gasteiger partial charge in [-0.2, -0.15) is 0 Å². The molecule has 4 heteroatoms. The van der Waals surface area contributed by atoms with Crippen LogP contribution >= 0.6 is 0 Å². The molecule has 0 aliphatic heterocycles. The summed E-state index contributed by atoms with van der Waals surface area (Å²) in [5.41, 5.74) is 0.670. The summed E-state index contributed by atoms with van der Waals surface area (Å²) in [6, 6.07) is 8.98. The smallest absolute Gasteiger partial charge is 0.319 e. The topological polar surface area (TPSA) is 61.4 Å². The Hall–Kier alpha value is -1.55. The van der Waals surface area contributed by atoms with Gasteiger partial charge in [0.2, 0.25) is 0 Å². The highest BCUT2D eigenvalue weighted by Gasteiger charge is 2.25. The largest absolute Gasteiger partial charge is 0.396 e. The predicted octanol–water partition coefficient (Wildman–Crippen LogP) is 2.61. The molecule has 0 bridgehead atoms. The summed E-state index contributed by atoms with van der Waals surface area (Å²) in [5.74, 6) is 0. The number of carbonyl (C=O) groups is 1. The summed E-state index contributed by atoms with van der Waals surface area (Å²) in [4.78, 5) is 11.8. The van der Waals surface area contributed by atoms with E-state index < -0.39 is 0 Å². The lowest BCUT2D eigenvalue weighted by atomic mass is 9.85. The minimum absolute atomic E-state index is 0.0630. The monoisotopic (exact) mass is 250 g/mol. The molecule has 0 saturated heterocycles. The van der Waals surface area contributed by atoms with Crippen molar-refractivity contribution in [3.05, 3.63) is 30.3 Å². The van der Waals surface area contributed by atoms with Crippen LogP contribution in [0.1, 0.15) is 27.2 Å². The van der Waals surface area contributed by atoms with Gasteiger partial charge in [-0.25, -0.2) is 4.79 Å². The third kappa shape index (κ3) is 4.75. The number of para-hydroxylation sites is 1. The number of carbonyl (C=O) groups excluding carboxylic acids is 1. The molecule has 2 amide bonds. The predicted molar refractivity (Wildman–Crippen MR) is 73.5 cm³/mol. The second-order valence-electron chi connectivity index (χ2n) is 5.40. The number of hydrogen-bond donors (Lipinski definition) is 3. The fraction of sp³-hybridized carbons (Fsp3) is 0.500. The number of rotatable bonds is 4. The van der Waals surface area contributed by atoms with Crippen LogP contribution in [0.2, 0.25) is 0 Å². The fourth-order valence-corrected chi connectivity index (χ4v) is 1.70. The van der Waals surface area contributed by atoms with Crippen LogP contribution in [0.15, 0.2) is 30.3 Å². The van der Waals surface area contributed by atoms with Gasteiger partial charge in [0, 0.05) is 18.3 Å². The lowest BCUT2D eigenvalue weighted by Gasteiger charge is -2.31. The maximum Gasteiger partial charge on any atom is 0.319 e. The molecule has 18 heavy (non-hydrogen) atoms. The van der Waals surface area contributed by atoms with E-state index in [1.54, 1.807) is 0 Å². The summed E-state index contributed by atoms with van der Waals surface area (Å²) < 4.78 is 0. The fourth-order valence-electron chi connectivity index (χ4n) is 1.70. The first-order chi connectivity index (χ1) is 8.43. The maximum atomic E-state index is 11.8. The van der Waals surface area contributed by atoms with E-state index >= 15 is 0 Å². The number of aliphatic hydroxyl groups is 1. The Bertz CT molecular complexity index is 371. The highest BCUT2D eigenvalue weighted by Crippen LogP contribution is 2.21. The SMILES string of the molecule is CC(C)(C)[C@H](CCO)NC(=O)Nc1ccccc1. The number of nitrogens with one attached hydrogen (secondary N) is 2. The second-order valence-corrected chi connectivity index (χ2v) is 5.40. The van der Waals surface area contributed by atoms with Gasteiger partial charge in [0.25, 0.3) is 0 Å². The first-order valence-corrected chi connectivity index (χ1v) is 6.17. The van der Waals surface area contributed by atoms with Crippen molar-refractivity contribution in [1.82, 2.24) is 5.32 Å². The van der Waals surface area contributed by atoms with Crippen LogP contribution in [0.25, 0.3) is 0 Å². The van der Waals surface area contributed by atoms with Crippen LogP contribution in [-0.2, 0) is 0 Å². The normalized spacial score (nSPS) is 12.9. The van der Waals surface area contributed by atoms with Crippen molar-refractivity contribution in [3.8, 4) is 0 Å². The molecule has 0 radical (unpaired) electrons. The van der Waals surface area contributed by atoms with Crippen LogP contribution in [0.4, 0.5) is 10.5 Å². The van der Waals surface area contributed by atoms with E-state index in [0.717, 1.165) is 5.69 Å². The Labute approximate surface area is 108 Å². The van der Waals surface area contributed by atoms with Gasteiger partial charge in [0.15, 0.2) is 0 Å². The van der Waals surface area contributed by atoms with Gasteiger partial charge in [0.1, 0.15) is 0 Å². The van der Waals surface area contributed by atoms with Crippen LogP contribution < -0.4 is 10.6 Å². The van der Waals surface area contributed by atoms with Crippen molar-refractivity contribution < 1.29 is 9.90 Å². The van der Waals surface area contributed by atoms with E-state index in [2.05, 4.69) is 10.6 Å². The van der Waals surface area contributed by atoms with Crippen molar-refractivity contribution in [2.45, 2.75) is 33.2 Å². The minimum atomic E-state index is -0.241. The van der Waals surface area contributed by atoms with Crippen molar-refractivity contribution in [2.24, 2.45) is 5.41 Å². The Morgan fingerprint density at radius 1 is 1.28 bits per heavy atom. The van der Waals surface area contributed by atoms with Gasteiger partial charge in [-0.15, -0.1) is 0 Å². The highest BCUT2D eigenvalue weighted by atomic mass is 16.3. The van der Waals surface area contributed by atoms with Crippen LogP contribution in [0.3, 0.4) is 0 Å². The Morgan fingerprint density at radius 3 is 2.39 bits per heavy atom. The molecule has 3 N–H and O–H groups in total. The lowest BCUT2D eigenvalue weighted by molar-refractivity contribution is 0.194. The number of urea groups is 1. The van der Waals surface area contributed by atoms with Gasteiger partial charge in [-0.3, -0.25) is 0 Å². The van der Waals surface area contributed by atoms with E-state index in [-0.39, 0.29) is 24.1 Å². The Kier molecular flexibility index (Phi) is 5.16. The molecular weight excluding hydrogens is 228 g/mol. The molecule has 1 atom stereocenters. The first kappa shape index (κ1) is 14.5. The van der Waals surface area contributed by atoms with Crippen molar-refractivity contribution in [3.63, 3.8) is 0 Å². The number of amides is 2. The molecule has 0 fully saturated rings. The molecule has 4 nitrogen and oxygen atoms in total. The summed E-state index contributed by atoms with van der Waals surface area (Å²) in [6.07, 6.45) is 0.547. The molecule has 100 valence electrons. The van der Waals surface area contributed by atoms with E-state index in [4.69, 9.17) is 5.11 Å². The van der Waals surface area contributed by atoms with Crippen molar-refractivity contribution >= 4 is 11.7 Å². The average molecular weight is 250 g/mol. The van der Waals surface area contributed by atoms with E-state index in [1.807, 2.05) is 51.1 Å². The minimum Gasteiger partial charge on any atom is -0.396 e. The zero-order valence-corrected chi connectivity index (χ0v) is 11.2. The van der Waals surface area contributed by atoms with E-state index in [1.165, 1.54) is 0 Å². The molecule has 0 spiro atoms. The molecule has 1 aromatic carbocycles. The molecule has 0 aliphatic rings. The molecule has 0 unspecified atom stereocenters. The van der Waals surface area contributed by atoms with Crippen molar-refractivity contribution in [2.75, 3.05) is 11.9 Å². The lowest BCUT2D eigenvalue weighted by Crippen LogP contribution is -2.46. The molecular formula is C14H22N2O2. The summed E-state index contributed by atoms with van der Waals surface area (Å²) in [6.45, 7) is 6.18. The number of hydrogen-bond acceptors (Lipinski definition) is 2. The Balaban J connectivity index is 2.57. The standard InChI is InChI=1S/C14H22N2O2/c1-14(2,3)12(9-10-17)16-13(18)15-11-7-5-4-6-8-11/h4-8,12,17H,9-10H2,1-3H3,(H2,15,16,18)/t12-/m0/s1. The van der Waals surface area contributed by atoms with Crippen LogP contribution in [0.5, 0.6) is 0 Å². The number of anilines is 1. The summed E-state index contributed by atoms with van der Waals surface area (Å²) >= 11 is 0. The van der Waals surface area contributed by atoms with Gasteiger partial charge in [-0.1, -0.05) is 39.0 Å². The number of aliphatic hydroxyl groups excluding tert-OH is 1. The molecule has 1 aromatic rings. The zero-order chi connectivity index (χ0) is 13.6. The second kappa shape index (κ2) is 6.40. The first-order valence-electron chi connectivity index (χ1n) is 6.17. The van der Waals surface area contributed by atoms with E-state index in [0.29, 0.717) is 6.42 Å². The molecule has 0 heterocycles. The molecule has 1 rings (SSSR count). The third-order valence-corrected chi connectivity index (χ3v) is 2.80. The highest BCUT2D eigenvalue weighted by molar-refractivity contribution is 5.89. The zero-order valence-electron chi connectivity index (χ0n) is 11.2. The van der Waals surface area contributed by atoms with Gasteiger partial charge < -0.3 is 15.7 Å². The molecule has 0 aliphatic carbocycles. The average Bonchev–Trinajstić information content (AvgIpc) is 2.28. The molecule has 0 aromatic heterocycles.